The summed E-state index contributed by atoms with van der Waals surface area (Å²) in [5, 5.41) is 6.24. The zero-order chi connectivity index (χ0) is 23.7. The second kappa shape index (κ2) is 9.21. The first kappa shape index (κ1) is 22.0. The highest BCUT2D eigenvalue weighted by Gasteiger charge is 2.31. The average Bonchev–Trinajstić information content (AvgIpc) is 3.51. The molecule has 2 unspecified atom stereocenters. The number of ether oxygens (including phenoxy) is 2. The molecule has 2 aliphatic rings. The molecule has 5 rings (SSSR count). The van der Waals surface area contributed by atoms with Gasteiger partial charge in [0.1, 0.15) is 23.3 Å². The number of hydrogen-bond acceptors (Lipinski definition) is 6. The molecule has 2 atom stereocenters. The molecule has 3 aromatic rings. The van der Waals surface area contributed by atoms with Crippen LogP contribution in [-0.2, 0) is 9.47 Å². The number of benzene rings is 3. The van der Waals surface area contributed by atoms with Gasteiger partial charge in [-0.2, -0.15) is 0 Å². The summed E-state index contributed by atoms with van der Waals surface area (Å²) in [6, 6.07) is 19.7. The van der Waals surface area contributed by atoms with E-state index in [9.17, 15) is 14.0 Å². The number of anilines is 2. The smallest absolute Gasteiger partial charge is 0.200 e. The Kier molecular flexibility index (Phi) is 5.96. The minimum atomic E-state index is -0.579. The summed E-state index contributed by atoms with van der Waals surface area (Å²) < 4.78 is 25.4. The van der Waals surface area contributed by atoms with Gasteiger partial charge in [0.2, 0.25) is 11.6 Å². The molecule has 172 valence electrons. The Morgan fingerprint density at radius 2 is 1.56 bits per heavy atom. The van der Waals surface area contributed by atoms with Crippen LogP contribution in [0.25, 0.3) is 0 Å². The second-order valence-electron chi connectivity index (χ2n) is 8.14. The van der Waals surface area contributed by atoms with Gasteiger partial charge in [-0.1, -0.05) is 49.4 Å². The highest BCUT2D eigenvalue weighted by molar-refractivity contribution is 6.32. The highest BCUT2D eigenvalue weighted by atomic mass is 19.1. The summed E-state index contributed by atoms with van der Waals surface area (Å²) in [5.74, 6) is -1.35. The van der Waals surface area contributed by atoms with Crippen molar-refractivity contribution in [2.75, 3.05) is 17.2 Å². The first-order valence-corrected chi connectivity index (χ1v) is 11.1. The van der Waals surface area contributed by atoms with E-state index >= 15 is 0 Å². The average molecular weight is 458 g/mol. The number of hydrogen-bond donors (Lipinski definition) is 2. The van der Waals surface area contributed by atoms with E-state index in [1.165, 1.54) is 18.2 Å². The van der Waals surface area contributed by atoms with Crippen LogP contribution in [-0.4, -0.2) is 24.5 Å². The molecular weight excluding hydrogens is 435 g/mol. The Morgan fingerprint density at radius 3 is 2.18 bits per heavy atom. The fraction of sp³-hybridized carbons (Fsp3) is 0.185. The van der Waals surface area contributed by atoms with E-state index in [-0.39, 0.29) is 29.4 Å². The van der Waals surface area contributed by atoms with Crippen molar-refractivity contribution in [3.8, 4) is 0 Å². The van der Waals surface area contributed by atoms with Gasteiger partial charge in [-0.25, -0.2) is 4.39 Å². The van der Waals surface area contributed by atoms with Gasteiger partial charge in [-0.15, -0.1) is 0 Å². The molecule has 3 aromatic carbocycles. The monoisotopic (exact) mass is 458 g/mol. The number of carbonyl (C=O) groups excluding carboxylic acids is 2. The maximum Gasteiger partial charge on any atom is 0.200 e. The molecule has 2 heterocycles. The van der Waals surface area contributed by atoms with Crippen LogP contribution < -0.4 is 10.6 Å². The van der Waals surface area contributed by atoms with E-state index in [0.29, 0.717) is 12.2 Å². The largest absolute Gasteiger partial charge is 0.350 e. The first-order chi connectivity index (χ1) is 16.5. The minimum absolute atomic E-state index is 0.0878. The third kappa shape index (κ3) is 4.23. The molecule has 0 aromatic heterocycles. The number of carbonyl (C=O) groups is 2. The van der Waals surface area contributed by atoms with Crippen molar-refractivity contribution >= 4 is 22.9 Å². The SMILES string of the molecule is CCC1OCC(c2cccc(C(=O)C(C(=O)c3cccc(F)c3)=C3Nc4ccccc4N3)c2)O1. The normalized spacial score (nSPS) is 18.7. The van der Waals surface area contributed by atoms with Crippen molar-refractivity contribution in [1.82, 2.24) is 0 Å². The summed E-state index contributed by atoms with van der Waals surface area (Å²) >= 11 is 0. The Labute approximate surface area is 196 Å². The summed E-state index contributed by atoms with van der Waals surface area (Å²) in [7, 11) is 0. The number of fused-ring (bicyclic) bond motifs is 1. The highest BCUT2D eigenvalue weighted by Crippen LogP contribution is 2.33. The molecule has 2 N–H and O–H groups in total. The fourth-order valence-corrected chi connectivity index (χ4v) is 4.10. The number of ketones is 2. The Hall–Kier alpha value is -3.81. The lowest BCUT2D eigenvalue weighted by atomic mass is 9.94. The molecule has 0 spiro atoms. The van der Waals surface area contributed by atoms with Crippen LogP contribution in [0.4, 0.5) is 15.8 Å². The third-order valence-electron chi connectivity index (χ3n) is 5.84. The van der Waals surface area contributed by atoms with Crippen molar-refractivity contribution in [3.63, 3.8) is 0 Å². The van der Waals surface area contributed by atoms with E-state index in [2.05, 4.69) is 10.6 Å². The molecule has 0 bridgehead atoms. The summed E-state index contributed by atoms with van der Waals surface area (Å²) in [4.78, 5) is 27.2. The summed E-state index contributed by atoms with van der Waals surface area (Å²) in [5.41, 5.74) is 2.59. The standard InChI is InChI=1S/C27H23FN2O4/c1-2-23-33-15-22(34-23)16-7-5-8-17(13-16)25(31)24(26(32)18-9-6-10-19(28)14-18)27-29-20-11-3-4-12-21(20)30-27/h3-14,22-23,29-30H,2,15H2,1H3. The Bertz CT molecular complexity index is 1280. The maximum atomic E-state index is 13.9. The molecule has 0 amide bonds. The van der Waals surface area contributed by atoms with Gasteiger partial charge in [0, 0.05) is 11.1 Å². The predicted molar refractivity (Wildman–Crippen MR) is 126 cm³/mol. The van der Waals surface area contributed by atoms with E-state index in [1.54, 1.807) is 18.2 Å². The van der Waals surface area contributed by atoms with Crippen molar-refractivity contribution in [1.29, 1.82) is 0 Å². The van der Waals surface area contributed by atoms with Crippen molar-refractivity contribution < 1.29 is 23.5 Å². The zero-order valence-corrected chi connectivity index (χ0v) is 18.5. The van der Waals surface area contributed by atoms with Crippen molar-refractivity contribution in [2.45, 2.75) is 25.7 Å². The number of rotatable bonds is 6. The molecule has 0 aliphatic carbocycles. The topological polar surface area (TPSA) is 76.7 Å². The van der Waals surface area contributed by atoms with Crippen molar-refractivity contribution in [2.24, 2.45) is 0 Å². The molecule has 34 heavy (non-hydrogen) atoms. The van der Waals surface area contributed by atoms with E-state index in [0.717, 1.165) is 29.4 Å². The van der Waals surface area contributed by atoms with Crippen molar-refractivity contribution in [3.05, 3.63) is 107 Å². The van der Waals surface area contributed by atoms with Crippen LogP contribution in [0.15, 0.2) is 84.2 Å². The number of allylic oxidation sites excluding steroid dienone is 1. The van der Waals surface area contributed by atoms with Crippen LogP contribution in [0.3, 0.4) is 0 Å². The van der Waals surface area contributed by atoms with Gasteiger partial charge in [0.05, 0.1) is 18.0 Å². The quantitative estimate of drug-likeness (QED) is 0.221. The first-order valence-electron chi connectivity index (χ1n) is 11.1. The summed E-state index contributed by atoms with van der Waals surface area (Å²) in [6.45, 7) is 2.37. The van der Waals surface area contributed by atoms with E-state index in [4.69, 9.17) is 9.47 Å². The van der Waals surface area contributed by atoms with Crippen LogP contribution in [0.5, 0.6) is 0 Å². The number of halogens is 1. The van der Waals surface area contributed by atoms with Crippen LogP contribution in [0.2, 0.25) is 0 Å². The van der Waals surface area contributed by atoms with E-state index < -0.39 is 17.4 Å². The Balaban J connectivity index is 1.54. The van der Waals surface area contributed by atoms with Crippen LogP contribution >= 0.6 is 0 Å². The fourth-order valence-electron chi connectivity index (χ4n) is 4.10. The lowest BCUT2D eigenvalue weighted by molar-refractivity contribution is -0.0592. The van der Waals surface area contributed by atoms with Crippen LogP contribution in [0.1, 0.15) is 45.7 Å². The molecule has 2 aliphatic heterocycles. The molecule has 0 saturated carbocycles. The lowest BCUT2D eigenvalue weighted by Gasteiger charge is -2.14. The number of Topliss-reactive ketones (excluding diaryl/α,β-unsaturated/α-hetero) is 2. The maximum absolute atomic E-state index is 13.9. The van der Waals surface area contributed by atoms with Gasteiger partial charge in [-0.3, -0.25) is 9.59 Å². The molecule has 6 nitrogen and oxygen atoms in total. The summed E-state index contributed by atoms with van der Waals surface area (Å²) in [6.07, 6.45) is 0.160. The Morgan fingerprint density at radius 1 is 0.912 bits per heavy atom. The van der Waals surface area contributed by atoms with Gasteiger partial charge < -0.3 is 20.1 Å². The molecule has 7 heteroatoms. The third-order valence-corrected chi connectivity index (χ3v) is 5.84. The lowest BCUT2D eigenvalue weighted by Crippen LogP contribution is -2.21. The van der Waals surface area contributed by atoms with Gasteiger partial charge in [0.15, 0.2) is 6.29 Å². The molecule has 1 saturated heterocycles. The molecule has 1 fully saturated rings. The van der Waals surface area contributed by atoms with Crippen LogP contribution in [0, 0.1) is 5.82 Å². The van der Waals surface area contributed by atoms with Gasteiger partial charge >= 0.3 is 0 Å². The van der Waals surface area contributed by atoms with Gasteiger partial charge in [0.25, 0.3) is 0 Å². The van der Waals surface area contributed by atoms with E-state index in [1.807, 2.05) is 37.3 Å². The molecule has 0 radical (unpaired) electrons. The van der Waals surface area contributed by atoms with Gasteiger partial charge in [-0.05, 0) is 42.3 Å². The number of nitrogens with one attached hydrogen (secondary N) is 2. The minimum Gasteiger partial charge on any atom is -0.350 e. The zero-order valence-electron chi connectivity index (χ0n) is 18.5. The number of para-hydroxylation sites is 2. The molecular formula is C27H23FN2O4. The predicted octanol–water partition coefficient (Wildman–Crippen LogP) is 5.46. The second-order valence-corrected chi connectivity index (χ2v) is 8.14.